The molecule has 0 radical (unpaired) electrons. The summed E-state index contributed by atoms with van der Waals surface area (Å²) in [5.41, 5.74) is 9.46. The number of amides is 1. The average Bonchev–Trinajstić information content (AvgIpc) is 3.24. The Balaban J connectivity index is 1.64. The van der Waals surface area contributed by atoms with Crippen LogP contribution in [0.3, 0.4) is 0 Å². The van der Waals surface area contributed by atoms with Crippen LogP contribution in [0.4, 0.5) is 5.82 Å². The van der Waals surface area contributed by atoms with Gasteiger partial charge >= 0.3 is 0 Å². The van der Waals surface area contributed by atoms with E-state index in [1.165, 1.54) is 0 Å². The first-order valence-corrected chi connectivity index (χ1v) is 9.01. The quantitative estimate of drug-likeness (QED) is 0.721. The van der Waals surface area contributed by atoms with Crippen LogP contribution in [0.25, 0.3) is 28.6 Å². The van der Waals surface area contributed by atoms with Crippen molar-refractivity contribution < 1.29 is 9.21 Å². The average molecular weight is 389 g/mol. The molecule has 0 aliphatic heterocycles. The summed E-state index contributed by atoms with van der Waals surface area (Å²) in [7, 11) is 3.48. The lowest BCUT2D eigenvalue weighted by molar-refractivity contribution is -0.124. The molecule has 0 spiro atoms. The molecule has 0 saturated heterocycles. The maximum Gasteiger partial charge on any atom is 0.270 e. The van der Waals surface area contributed by atoms with Gasteiger partial charge in [0.1, 0.15) is 0 Å². The highest BCUT2D eigenvalue weighted by atomic mass is 16.4. The smallest absolute Gasteiger partial charge is 0.270 e. The number of allylic oxidation sites excluding steroid dienone is 3. The molecule has 0 fully saturated rings. The summed E-state index contributed by atoms with van der Waals surface area (Å²) in [5.74, 6) is 0.757. The van der Waals surface area contributed by atoms with E-state index in [1.807, 2.05) is 12.2 Å². The van der Waals surface area contributed by atoms with E-state index in [1.54, 1.807) is 49.7 Å². The van der Waals surface area contributed by atoms with Crippen LogP contribution in [0.2, 0.25) is 0 Å². The molecule has 4 rings (SSSR count). The Morgan fingerprint density at radius 3 is 2.55 bits per heavy atom. The number of nitrogens with zero attached hydrogens (tertiary/aromatic N) is 6. The minimum atomic E-state index is 0.0129. The Morgan fingerprint density at radius 2 is 1.86 bits per heavy atom. The van der Waals surface area contributed by atoms with Crippen molar-refractivity contribution in [2.75, 3.05) is 19.8 Å². The highest BCUT2D eigenvalue weighted by Crippen LogP contribution is 2.30. The van der Waals surface area contributed by atoms with E-state index in [0.717, 1.165) is 16.7 Å². The Hall–Kier alpha value is -3.88. The zero-order chi connectivity index (χ0) is 20.4. The van der Waals surface area contributed by atoms with E-state index >= 15 is 0 Å². The molecule has 0 bridgehead atoms. The number of pyridine rings is 1. The third kappa shape index (κ3) is 3.75. The van der Waals surface area contributed by atoms with Gasteiger partial charge in [-0.05, 0) is 30.5 Å². The first-order chi connectivity index (χ1) is 14.0. The second-order valence-corrected chi connectivity index (χ2v) is 6.72. The number of likely N-dealkylation sites (N-methyl/N-ethyl adjacent to an activating group) is 1. The monoisotopic (exact) mass is 389 g/mol. The summed E-state index contributed by atoms with van der Waals surface area (Å²) in [6.07, 6.45) is 9.93. The fraction of sp³-hybridized carbons (Fsp3) is 0.200. The summed E-state index contributed by atoms with van der Waals surface area (Å²) in [5, 5.41) is 8.12. The van der Waals surface area contributed by atoms with Gasteiger partial charge in [-0.1, -0.05) is 12.2 Å². The number of hydrogen-bond acceptors (Lipinski definition) is 8. The molecule has 3 heterocycles. The molecule has 1 amide bonds. The van der Waals surface area contributed by atoms with Crippen molar-refractivity contribution in [3.05, 3.63) is 54.1 Å². The molecular formula is C20H19N7O2. The summed E-state index contributed by atoms with van der Waals surface area (Å²) in [4.78, 5) is 26.5. The second kappa shape index (κ2) is 7.63. The van der Waals surface area contributed by atoms with Crippen molar-refractivity contribution in [2.45, 2.75) is 12.8 Å². The molecule has 29 heavy (non-hydrogen) atoms. The Kier molecular flexibility index (Phi) is 4.86. The van der Waals surface area contributed by atoms with Crippen molar-refractivity contribution >= 4 is 17.3 Å². The minimum Gasteiger partial charge on any atom is -0.414 e. The number of aromatic nitrogens is 5. The van der Waals surface area contributed by atoms with Crippen molar-refractivity contribution in [3.8, 4) is 23.0 Å². The molecular weight excluding hydrogens is 370 g/mol. The van der Waals surface area contributed by atoms with E-state index in [-0.39, 0.29) is 17.6 Å². The van der Waals surface area contributed by atoms with Crippen molar-refractivity contribution in [3.63, 3.8) is 0 Å². The number of carbonyl (C=O) groups excluding carboxylic acids is 1. The topological polar surface area (TPSA) is 124 Å². The molecule has 9 heteroatoms. The number of anilines is 1. The Bertz CT molecular complexity index is 1120. The maximum absolute atomic E-state index is 12.1. The predicted octanol–water partition coefficient (Wildman–Crippen LogP) is 2.36. The number of nitrogens with two attached hydrogens (primary N) is 1. The Morgan fingerprint density at radius 1 is 1.10 bits per heavy atom. The number of nitrogen functional groups attached to an aromatic ring is 1. The molecule has 0 saturated carbocycles. The summed E-state index contributed by atoms with van der Waals surface area (Å²) in [6.45, 7) is 0. The predicted molar refractivity (Wildman–Crippen MR) is 107 cm³/mol. The van der Waals surface area contributed by atoms with Gasteiger partial charge in [-0.3, -0.25) is 9.78 Å². The van der Waals surface area contributed by atoms with Crippen LogP contribution >= 0.6 is 0 Å². The second-order valence-electron chi connectivity index (χ2n) is 6.72. The zero-order valence-electron chi connectivity index (χ0n) is 16.0. The summed E-state index contributed by atoms with van der Waals surface area (Å²) < 4.78 is 5.74. The molecule has 3 aromatic rings. The standard InChI is InChI=1S/C20H19N7O2/c1-27(2)20(28)14-5-3-12(4-6-14)15-11-23-17(21)16(24-15)19-26-25-18(29-19)13-7-9-22-10-8-13/h3,5,7-11H,4,6H2,1-2H3,(H2,21,23). The van der Waals surface area contributed by atoms with Gasteiger partial charge in [0.25, 0.3) is 5.89 Å². The first-order valence-electron chi connectivity index (χ1n) is 9.01. The fourth-order valence-electron chi connectivity index (χ4n) is 2.96. The fourth-order valence-corrected chi connectivity index (χ4v) is 2.96. The van der Waals surface area contributed by atoms with E-state index in [4.69, 9.17) is 10.2 Å². The van der Waals surface area contributed by atoms with Gasteiger partial charge < -0.3 is 15.1 Å². The number of carbonyl (C=O) groups is 1. The largest absolute Gasteiger partial charge is 0.414 e. The SMILES string of the molecule is CN(C)C(=O)C1=CC=C(c2cnc(N)c(-c3nnc(-c4ccncc4)o3)n2)CC1. The lowest BCUT2D eigenvalue weighted by atomic mass is 9.95. The molecule has 9 nitrogen and oxygen atoms in total. The normalized spacial score (nSPS) is 13.6. The van der Waals surface area contributed by atoms with Gasteiger partial charge in [0.2, 0.25) is 11.8 Å². The van der Waals surface area contributed by atoms with Crippen LogP contribution in [-0.2, 0) is 4.79 Å². The van der Waals surface area contributed by atoms with Crippen LogP contribution in [-0.4, -0.2) is 50.1 Å². The van der Waals surface area contributed by atoms with Crippen LogP contribution < -0.4 is 5.73 Å². The number of rotatable bonds is 4. The van der Waals surface area contributed by atoms with Gasteiger partial charge in [-0.15, -0.1) is 10.2 Å². The van der Waals surface area contributed by atoms with E-state index in [2.05, 4.69) is 25.1 Å². The lowest BCUT2D eigenvalue weighted by Gasteiger charge is -2.17. The summed E-state index contributed by atoms with van der Waals surface area (Å²) >= 11 is 0. The van der Waals surface area contributed by atoms with E-state index in [0.29, 0.717) is 30.1 Å². The van der Waals surface area contributed by atoms with Crippen LogP contribution in [0.15, 0.2) is 52.9 Å². The van der Waals surface area contributed by atoms with E-state index < -0.39 is 0 Å². The first kappa shape index (κ1) is 18.5. The van der Waals surface area contributed by atoms with Gasteiger partial charge in [0, 0.05) is 37.6 Å². The van der Waals surface area contributed by atoms with Crippen LogP contribution in [0.1, 0.15) is 18.5 Å². The van der Waals surface area contributed by atoms with Gasteiger partial charge in [-0.25, -0.2) is 9.97 Å². The third-order valence-electron chi connectivity index (χ3n) is 4.51. The van der Waals surface area contributed by atoms with Gasteiger partial charge in [0.15, 0.2) is 11.5 Å². The number of hydrogen-bond donors (Lipinski definition) is 1. The third-order valence-corrected chi connectivity index (χ3v) is 4.51. The molecule has 146 valence electrons. The molecule has 0 atom stereocenters. The Labute approximate surface area is 167 Å². The lowest BCUT2D eigenvalue weighted by Crippen LogP contribution is -2.24. The molecule has 1 aliphatic carbocycles. The molecule has 3 aromatic heterocycles. The van der Waals surface area contributed by atoms with Gasteiger partial charge in [-0.2, -0.15) is 0 Å². The molecule has 1 aliphatic rings. The molecule has 0 unspecified atom stereocenters. The van der Waals surface area contributed by atoms with Crippen molar-refractivity contribution in [2.24, 2.45) is 0 Å². The summed E-state index contributed by atoms with van der Waals surface area (Å²) in [6, 6.07) is 3.54. The van der Waals surface area contributed by atoms with Crippen molar-refractivity contribution in [1.29, 1.82) is 0 Å². The van der Waals surface area contributed by atoms with Crippen molar-refractivity contribution in [1.82, 2.24) is 30.0 Å². The zero-order valence-corrected chi connectivity index (χ0v) is 16.0. The van der Waals surface area contributed by atoms with Gasteiger partial charge in [0.05, 0.1) is 11.9 Å². The molecule has 0 aromatic carbocycles. The maximum atomic E-state index is 12.1. The highest BCUT2D eigenvalue weighted by Gasteiger charge is 2.20. The van der Waals surface area contributed by atoms with Crippen LogP contribution in [0.5, 0.6) is 0 Å². The van der Waals surface area contributed by atoms with Crippen LogP contribution in [0, 0.1) is 0 Å². The molecule has 2 N–H and O–H groups in total. The van der Waals surface area contributed by atoms with E-state index in [9.17, 15) is 4.79 Å². The highest BCUT2D eigenvalue weighted by molar-refractivity contribution is 5.94. The minimum absolute atomic E-state index is 0.0129.